The van der Waals surface area contributed by atoms with Crippen LogP contribution < -0.4 is 0 Å². The molecule has 5 heteroatoms. The van der Waals surface area contributed by atoms with Crippen LogP contribution in [0.3, 0.4) is 0 Å². The second kappa shape index (κ2) is 5.05. The average Bonchev–Trinajstić information content (AvgIpc) is 2.64. The molecule has 0 aliphatic heterocycles. The molecular weight excluding hydrogens is 219 g/mol. The number of hydrogen-bond donors (Lipinski definition) is 0. The van der Waals surface area contributed by atoms with Crippen molar-refractivity contribution in [2.75, 3.05) is 7.05 Å². The van der Waals surface area contributed by atoms with Crippen LogP contribution in [0.2, 0.25) is 0 Å². The number of rotatable bonds is 4. The van der Waals surface area contributed by atoms with E-state index in [1.165, 1.54) is 6.07 Å². The Kier molecular flexibility index (Phi) is 3.49. The van der Waals surface area contributed by atoms with Gasteiger partial charge in [0.1, 0.15) is 18.0 Å². The van der Waals surface area contributed by atoms with Crippen molar-refractivity contribution >= 4 is 0 Å². The van der Waals surface area contributed by atoms with Crippen molar-refractivity contribution < 1.29 is 4.39 Å². The van der Waals surface area contributed by atoms with Crippen LogP contribution in [-0.2, 0) is 20.1 Å². The molecule has 2 rings (SSSR count). The Bertz CT molecular complexity index is 495. The highest BCUT2D eigenvalue weighted by atomic mass is 19.1. The molecule has 0 spiro atoms. The summed E-state index contributed by atoms with van der Waals surface area (Å²) in [4.78, 5) is 2.07. The third-order valence-electron chi connectivity index (χ3n) is 2.56. The van der Waals surface area contributed by atoms with Crippen LogP contribution in [0.15, 0.2) is 30.6 Å². The van der Waals surface area contributed by atoms with Gasteiger partial charge in [0, 0.05) is 13.6 Å². The van der Waals surface area contributed by atoms with E-state index in [0.717, 1.165) is 11.4 Å². The van der Waals surface area contributed by atoms with Gasteiger partial charge in [-0.05, 0) is 24.7 Å². The molecule has 1 aromatic carbocycles. The second-order valence-corrected chi connectivity index (χ2v) is 4.16. The van der Waals surface area contributed by atoms with Gasteiger partial charge in [-0.2, -0.15) is 0 Å². The lowest BCUT2D eigenvalue weighted by molar-refractivity contribution is 0.306. The largest absolute Gasteiger partial charge is 0.320 e. The van der Waals surface area contributed by atoms with E-state index >= 15 is 0 Å². The van der Waals surface area contributed by atoms with Crippen molar-refractivity contribution in [2.45, 2.75) is 13.1 Å². The summed E-state index contributed by atoms with van der Waals surface area (Å²) in [5.74, 6) is 0.693. The lowest BCUT2D eigenvalue weighted by Gasteiger charge is -2.15. The first-order chi connectivity index (χ1) is 8.15. The van der Waals surface area contributed by atoms with Crippen LogP contribution in [0.1, 0.15) is 11.4 Å². The van der Waals surface area contributed by atoms with Crippen LogP contribution in [0.5, 0.6) is 0 Å². The molecular formula is C12H15FN4. The fourth-order valence-electron chi connectivity index (χ4n) is 1.69. The van der Waals surface area contributed by atoms with Gasteiger partial charge in [-0.1, -0.05) is 12.1 Å². The summed E-state index contributed by atoms with van der Waals surface area (Å²) in [6.07, 6.45) is 1.67. The molecule has 2 aromatic rings. The van der Waals surface area contributed by atoms with E-state index in [9.17, 15) is 4.39 Å². The molecule has 0 fully saturated rings. The summed E-state index contributed by atoms with van der Waals surface area (Å²) >= 11 is 0. The van der Waals surface area contributed by atoms with E-state index in [1.54, 1.807) is 18.5 Å². The van der Waals surface area contributed by atoms with Crippen molar-refractivity contribution in [3.63, 3.8) is 0 Å². The highest BCUT2D eigenvalue weighted by Crippen LogP contribution is 2.08. The van der Waals surface area contributed by atoms with Crippen molar-refractivity contribution in [1.82, 2.24) is 19.7 Å². The van der Waals surface area contributed by atoms with Gasteiger partial charge in [0.2, 0.25) is 0 Å². The van der Waals surface area contributed by atoms with E-state index in [1.807, 2.05) is 24.7 Å². The maximum absolute atomic E-state index is 13.0. The normalized spacial score (nSPS) is 11.1. The molecule has 0 saturated carbocycles. The Balaban J connectivity index is 1.98. The topological polar surface area (TPSA) is 34.0 Å². The molecule has 0 saturated heterocycles. The Morgan fingerprint density at radius 3 is 2.82 bits per heavy atom. The lowest BCUT2D eigenvalue weighted by Crippen LogP contribution is -2.19. The first kappa shape index (κ1) is 11.7. The first-order valence-corrected chi connectivity index (χ1v) is 5.41. The van der Waals surface area contributed by atoms with E-state index in [0.29, 0.717) is 13.1 Å². The van der Waals surface area contributed by atoms with Gasteiger partial charge in [0.25, 0.3) is 0 Å². The minimum absolute atomic E-state index is 0.199. The average molecular weight is 234 g/mol. The molecule has 4 nitrogen and oxygen atoms in total. The number of halogens is 1. The lowest BCUT2D eigenvalue weighted by atomic mass is 10.2. The molecule has 0 unspecified atom stereocenters. The van der Waals surface area contributed by atoms with Crippen LogP contribution in [0, 0.1) is 5.82 Å². The molecule has 1 heterocycles. The van der Waals surface area contributed by atoms with Gasteiger partial charge in [0.15, 0.2) is 0 Å². The SMILES string of the molecule is CN(Cc1cccc(F)c1)Cc1nncn1C. The molecule has 90 valence electrons. The van der Waals surface area contributed by atoms with Crippen LogP contribution in [0.25, 0.3) is 0 Å². The van der Waals surface area contributed by atoms with Gasteiger partial charge in [-0.25, -0.2) is 4.39 Å². The minimum Gasteiger partial charge on any atom is -0.320 e. The van der Waals surface area contributed by atoms with Gasteiger partial charge < -0.3 is 4.57 Å². The molecule has 0 aliphatic rings. The molecule has 0 atom stereocenters. The quantitative estimate of drug-likeness (QED) is 0.805. The standard InChI is InChI=1S/C12H15FN4/c1-16(8-12-15-14-9-17(12)2)7-10-4-3-5-11(13)6-10/h3-6,9H,7-8H2,1-2H3. The highest BCUT2D eigenvalue weighted by Gasteiger charge is 2.06. The number of hydrogen-bond acceptors (Lipinski definition) is 3. The van der Waals surface area contributed by atoms with Crippen molar-refractivity contribution in [3.8, 4) is 0 Å². The minimum atomic E-state index is -0.199. The molecule has 0 N–H and O–H groups in total. The maximum atomic E-state index is 13.0. The summed E-state index contributed by atoms with van der Waals surface area (Å²) in [5.41, 5.74) is 0.953. The van der Waals surface area contributed by atoms with Crippen molar-refractivity contribution in [2.24, 2.45) is 7.05 Å². The predicted molar refractivity (Wildman–Crippen MR) is 62.6 cm³/mol. The summed E-state index contributed by atoms with van der Waals surface area (Å²) < 4.78 is 14.9. The Morgan fingerprint density at radius 1 is 1.35 bits per heavy atom. The number of nitrogens with zero attached hydrogens (tertiary/aromatic N) is 4. The smallest absolute Gasteiger partial charge is 0.146 e. The Hall–Kier alpha value is -1.75. The third-order valence-corrected chi connectivity index (χ3v) is 2.56. The predicted octanol–water partition coefficient (Wildman–Crippen LogP) is 1.59. The van der Waals surface area contributed by atoms with Crippen molar-refractivity contribution in [3.05, 3.63) is 47.8 Å². The summed E-state index contributed by atoms with van der Waals surface area (Å²) in [6.45, 7) is 1.37. The molecule has 0 bridgehead atoms. The third kappa shape index (κ3) is 3.10. The van der Waals surface area contributed by atoms with Crippen LogP contribution in [-0.4, -0.2) is 26.7 Å². The van der Waals surface area contributed by atoms with Crippen LogP contribution in [0.4, 0.5) is 4.39 Å². The van der Waals surface area contributed by atoms with Gasteiger partial charge in [-0.15, -0.1) is 10.2 Å². The summed E-state index contributed by atoms with van der Waals surface area (Å²) in [5, 5.41) is 7.83. The second-order valence-electron chi connectivity index (χ2n) is 4.16. The Labute approximate surface area is 99.7 Å². The molecule has 0 amide bonds. The monoisotopic (exact) mass is 234 g/mol. The zero-order valence-electron chi connectivity index (χ0n) is 9.97. The van der Waals surface area contributed by atoms with Crippen molar-refractivity contribution in [1.29, 1.82) is 0 Å². The Morgan fingerprint density at radius 2 is 2.18 bits per heavy atom. The fourth-order valence-corrected chi connectivity index (χ4v) is 1.69. The number of aryl methyl sites for hydroxylation is 1. The van der Waals surface area contributed by atoms with E-state index in [4.69, 9.17) is 0 Å². The van der Waals surface area contributed by atoms with Crippen LogP contribution >= 0.6 is 0 Å². The maximum Gasteiger partial charge on any atom is 0.146 e. The molecule has 0 aliphatic carbocycles. The zero-order chi connectivity index (χ0) is 12.3. The highest BCUT2D eigenvalue weighted by molar-refractivity contribution is 5.16. The molecule has 17 heavy (non-hydrogen) atoms. The fraction of sp³-hybridized carbons (Fsp3) is 0.333. The molecule has 0 radical (unpaired) electrons. The van der Waals surface area contributed by atoms with Gasteiger partial charge in [0.05, 0.1) is 6.54 Å². The zero-order valence-corrected chi connectivity index (χ0v) is 9.97. The number of benzene rings is 1. The molecule has 1 aromatic heterocycles. The summed E-state index contributed by atoms with van der Waals surface area (Å²) in [6, 6.07) is 6.64. The summed E-state index contributed by atoms with van der Waals surface area (Å²) in [7, 11) is 3.88. The number of aromatic nitrogens is 3. The van der Waals surface area contributed by atoms with E-state index < -0.39 is 0 Å². The van der Waals surface area contributed by atoms with E-state index in [2.05, 4.69) is 15.1 Å². The van der Waals surface area contributed by atoms with Gasteiger partial charge in [-0.3, -0.25) is 4.90 Å². The van der Waals surface area contributed by atoms with Gasteiger partial charge >= 0.3 is 0 Å². The first-order valence-electron chi connectivity index (χ1n) is 5.41. The van der Waals surface area contributed by atoms with E-state index in [-0.39, 0.29) is 5.82 Å².